The molecule has 3 rings (SSSR count). The highest BCUT2D eigenvalue weighted by atomic mass is 19.4. The molecule has 1 atom stereocenters. The van der Waals surface area contributed by atoms with Crippen LogP contribution in [0.15, 0.2) is 57.7 Å². The van der Waals surface area contributed by atoms with Gasteiger partial charge in [-0.25, -0.2) is 9.59 Å². The maximum absolute atomic E-state index is 13.4. The van der Waals surface area contributed by atoms with Gasteiger partial charge in [0.2, 0.25) is 6.41 Å². The lowest BCUT2D eigenvalue weighted by molar-refractivity contribution is -0.136. The predicted octanol–water partition coefficient (Wildman–Crippen LogP) is 5.46. The molecule has 36 heavy (non-hydrogen) atoms. The van der Waals surface area contributed by atoms with Crippen molar-refractivity contribution < 1.29 is 31.9 Å². The van der Waals surface area contributed by atoms with E-state index >= 15 is 0 Å². The number of amides is 3. The molecule has 1 aromatic heterocycles. The number of unbranched alkanes of at least 4 members (excludes halogenated alkanes) is 1. The first-order valence-electron chi connectivity index (χ1n) is 11.5. The number of hydrogen-bond donors (Lipinski definition) is 1. The Hall–Kier alpha value is -3.82. The monoisotopic (exact) mass is 504 g/mol. The zero-order valence-electron chi connectivity index (χ0n) is 19.9. The van der Waals surface area contributed by atoms with Gasteiger partial charge in [0.05, 0.1) is 18.2 Å². The standard InChI is InChI=1S/C26H27F3N2O5/c1-3-19-22(12-11-20-21(26(27,28)29)15-23(33)36-24(19)20)35-14-8-7-13-31(16-32)25(34)30-17(2)18-9-5-4-6-10-18/h4-6,9-12,15-17H,3,7-8,13-14H2,1-2H3,(H,30,34). The quantitative estimate of drug-likeness (QED) is 0.225. The topological polar surface area (TPSA) is 88.9 Å². The Labute approximate surface area is 205 Å². The van der Waals surface area contributed by atoms with Crippen LogP contribution in [-0.4, -0.2) is 30.5 Å². The Bertz CT molecular complexity index is 1260. The molecular weight excluding hydrogens is 477 g/mol. The molecule has 0 fully saturated rings. The summed E-state index contributed by atoms with van der Waals surface area (Å²) in [5.41, 5.74) is -1.02. The van der Waals surface area contributed by atoms with Gasteiger partial charge in [0.25, 0.3) is 0 Å². The molecule has 1 unspecified atom stereocenters. The van der Waals surface area contributed by atoms with Crippen molar-refractivity contribution in [1.82, 2.24) is 10.2 Å². The molecule has 0 aliphatic rings. The van der Waals surface area contributed by atoms with Gasteiger partial charge >= 0.3 is 17.8 Å². The number of aryl methyl sites for hydroxylation is 1. The van der Waals surface area contributed by atoms with Crippen LogP contribution in [0.25, 0.3) is 11.0 Å². The first-order chi connectivity index (χ1) is 17.2. The summed E-state index contributed by atoms with van der Waals surface area (Å²) in [7, 11) is 0. The van der Waals surface area contributed by atoms with E-state index in [0.717, 1.165) is 10.5 Å². The van der Waals surface area contributed by atoms with Gasteiger partial charge in [-0.3, -0.25) is 9.69 Å². The fraction of sp³-hybridized carbons (Fsp3) is 0.346. The highest BCUT2D eigenvalue weighted by Gasteiger charge is 2.34. The number of halogens is 3. The van der Waals surface area contributed by atoms with Gasteiger partial charge < -0.3 is 14.5 Å². The number of nitrogens with one attached hydrogen (secondary N) is 1. The van der Waals surface area contributed by atoms with Gasteiger partial charge in [0.1, 0.15) is 11.3 Å². The Morgan fingerprint density at radius 3 is 2.53 bits per heavy atom. The third kappa shape index (κ3) is 6.44. The summed E-state index contributed by atoms with van der Waals surface area (Å²) < 4.78 is 50.9. The van der Waals surface area contributed by atoms with Gasteiger partial charge in [-0.15, -0.1) is 0 Å². The first-order valence-corrected chi connectivity index (χ1v) is 11.5. The second kappa shape index (κ2) is 11.7. The summed E-state index contributed by atoms with van der Waals surface area (Å²) in [6.45, 7) is 3.90. The number of rotatable bonds is 10. The molecule has 0 bridgehead atoms. The lowest BCUT2D eigenvalue weighted by atomic mass is 10.0. The minimum absolute atomic E-state index is 0.147. The Morgan fingerprint density at radius 2 is 1.89 bits per heavy atom. The van der Waals surface area contributed by atoms with Crippen molar-refractivity contribution in [3.63, 3.8) is 0 Å². The number of ether oxygens (including phenoxy) is 1. The van der Waals surface area contributed by atoms with E-state index in [0.29, 0.717) is 36.6 Å². The number of imide groups is 1. The summed E-state index contributed by atoms with van der Waals surface area (Å²) in [6.07, 6.45) is -3.02. The van der Waals surface area contributed by atoms with Gasteiger partial charge in [0, 0.05) is 23.6 Å². The lowest BCUT2D eigenvalue weighted by Gasteiger charge is -2.20. The van der Waals surface area contributed by atoms with Crippen molar-refractivity contribution >= 4 is 23.4 Å². The van der Waals surface area contributed by atoms with Crippen LogP contribution in [0.5, 0.6) is 5.75 Å². The van der Waals surface area contributed by atoms with E-state index in [9.17, 15) is 27.6 Å². The third-order valence-corrected chi connectivity index (χ3v) is 5.71. The summed E-state index contributed by atoms with van der Waals surface area (Å²) in [6, 6.07) is 11.6. The second-order valence-corrected chi connectivity index (χ2v) is 8.19. The van der Waals surface area contributed by atoms with E-state index in [2.05, 4.69) is 5.32 Å². The Kier molecular flexibility index (Phi) is 8.73. The molecule has 3 amide bonds. The molecule has 0 saturated carbocycles. The van der Waals surface area contributed by atoms with Crippen molar-refractivity contribution in [2.24, 2.45) is 0 Å². The Morgan fingerprint density at radius 1 is 1.17 bits per heavy atom. The average Bonchev–Trinajstić information content (AvgIpc) is 2.85. The SMILES string of the molecule is CCc1c(OCCCCN(C=O)C(=O)NC(C)c2ccccc2)ccc2c(C(F)(F)F)cc(=O)oc12. The molecule has 1 heterocycles. The smallest absolute Gasteiger partial charge is 0.417 e. The maximum atomic E-state index is 13.4. The molecule has 7 nitrogen and oxygen atoms in total. The zero-order chi connectivity index (χ0) is 26.3. The number of carbonyl (C=O) groups is 2. The van der Waals surface area contributed by atoms with E-state index < -0.39 is 23.4 Å². The van der Waals surface area contributed by atoms with Crippen LogP contribution in [0.4, 0.5) is 18.0 Å². The largest absolute Gasteiger partial charge is 0.493 e. The predicted molar refractivity (Wildman–Crippen MR) is 128 cm³/mol. The number of alkyl halides is 3. The molecule has 10 heteroatoms. The van der Waals surface area contributed by atoms with E-state index in [1.54, 1.807) is 6.92 Å². The Balaban J connectivity index is 1.58. The number of carbonyl (C=O) groups excluding carboxylic acids is 2. The molecule has 0 spiro atoms. The van der Waals surface area contributed by atoms with Crippen molar-refractivity contribution in [2.45, 2.75) is 45.3 Å². The van der Waals surface area contributed by atoms with Crippen molar-refractivity contribution in [2.75, 3.05) is 13.2 Å². The highest BCUT2D eigenvalue weighted by Crippen LogP contribution is 2.37. The molecule has 3 aromatic rings. The van der Waals surface area contributed by atoms with Crippen LogP contribution < -0.4 is 15.7 Å². The average molecular weight is 505 g/mol. The molecular formula is C26H27F3N2O5. The fourth-order valence-electron chi connectivity index (χ4n) is 3.83. The maximum Gasteiger partial charge on any atom is 0.417 e. The van der Waals surface area contributed by atoms with Crippen LogP contribution in [0, 0.1) is 0 Å². The zero-order valence-corrected chi connectivity index (χ0v) is 19.9. The van der Waals surface area contributed by atoms with Crippen molar-refractivity contribution in [3.8, 4) is 5.75 Å². The van der Waals surface area contributed by atoms with Gasteiger partial charge in [0.15, 0.2) is 0 Å². The molecule has 0 radical (unpaired) electrons. The van der Waals surface area contributed by atoms with E-state index in [1.165, 1.54) is 12.1 Å². The molecule has 0 aliphatic heterocycles. The molecule has 0 saturated heterocycles. The summed E-state index contributed by atoms with van der Waals surface area (Å²) >= 11 is 0. The van der Waals surface area contributed by atoms with Crippen LogP contribution in [0.1, 0.15) is 49.4 Å². The number of fused-ring (bicyclic) bond motifs is 1. The van der Waals surface area contributed by atoms with E-state index in [4.69, 9.17) is 9.15 Å². The highest BCUT2D eigenvalue weighted by molar-refractivity contribution is 5.86. The number of benzene rings is 2. The second-order valence-electron chi connectivity index (χ2n) is 8.19. The first kappa shape index (κ1) is 26.8. The van der Waals surface area contributed by atoms with Crippen molar-refractivity contribution in [3.05, 3.63) is 75.6 Å². The summed E-state index contributed by atoms with van der Waals surface area (Å²) in [5.74, 6) is 0.314. The molecule has 1 N–H and O–H groups in total. The number of hydrogen-bond acceptors (Lipinski definition) is 5. The van der Waals surface area contributed by atoms with E-state index in [-0.39, 0.29) is 36.6 Å². The fourth-order valence-corrected chi connectivity index (χ4v) is 3.83. The van der Waals surface area contributed by atoms with Gasteiger partial charge in [-0.2, -0.15) is 13.2 Å². The van der Waals surface area contributed by atoms with Gasteiger partial charge in [-0.1, -0.05) is 37.3 Å². The van der Waals surface area contributed by atoms with Crippen molar-refractivity contribution in [1.29, 1.82) is 0 Å². The lowest BCUT2D eigenvalue weighted by Crippen LogP contribution is -2.40. The summed E-state index contributed by atoms with van der Waals surface area (Å²) in [5, 5.41) is 2.57. The van der Waals surface area contributed by atoms with Crippen LogP contribution >= 0.6 is 0 Å². The van der Waals surface area contributed by atoms with Crippen LogP contribution in [0.2, 0.25) is 0 Å². The molecule has 192 valence electrons. The van der Waals surface area contributed by atoms with Gasteiger partial charge in [-0.05, 0) is 43.9 Å². The minimum Gasteiger partial charge on any atom is -0.493 e. The third-order valence-electron chi connectivity index (χ3n) is 5.71. The summed E-state index contributed by atoms with van der Waals surface area (Å²) in [4.78, 5) is 36.6. The minimum atomic E-state index is -4.70. The normalized spacial score (nSPS) is 12.2. The van der Waals surface area contributed by atoms with Crippen LogP contribution in [0.3, 0.4) is 0 Å². The number of urea groups is 1. The molecule has 2 aromatic carbocycles. The van der Waals surface area contributed by atoms with Crippen LogP contribution in [-0.2, 0) is 17.4 Å². The van der Waals surface area contributed by atoms with E-state index in [1.807, 2.05) is 37.3 Å². The number of nitrogens with zero attached hydrogens (tertiary/aromatic N) is 1. The molecule has 0 aliphatic carbocycles.